The lowest BCUT2D eigenvalue weighted by Gasteiger charge is -2.33. The van der Waals surface area contributed by atoms with Crippen molar-refractivity contribution in [2.24, 2.45) is 0 Å². The summed E-state index contributed by atoms with van der Waals surface area (Å²) in [5.74, 6) is 1.32. The third-order valence-corrected chi connectivity index (χ3v) is 11.4. The van der Waals surface area contributed by atoms with Gasteiger partial charge in [0.2, 0.25) is 10.0 Å². The Morgan fingerprint density at radius 2 is 1.28 bits per heavy atom. The molecule has 0 atom stereocenters. The van der Waals surface area contributed by atoms with Crippen LogP contribution in [0, 0.1) is 0 Å². The van der Waals surface area contributed by atoms with Gasteiger partial charge in [0.15, 0.2) is 0 Å². The Labute approximate surface area is 275 Å². The van der Waals surface area contributed by atoms with Gasteiger partial charge in [0.25, 0.3) is 0 Å². The normalized spacial score (nSPS) is 16.8. The topological polar surface area (TPSA) is 55.2 Å². The summed E-state index contributed by atoms with van der Waals surface area (Å²) in [6.45, 7) is 0.519. The van der Waals surface area contributed by atoms with E-state index >= 15 is 0 Å². The number of hydrogen-bond acceptors (Lipinski definition) is 3. The van der Waals surface area contributed by atoms with Crippen LogP contribution in [-0.2, 0) is 16.2 Å². The molecule has 1 aromatic heterocycles. The summed E-state index contributed by atoms with van der Waals surface area (Å²) < 4.78 is 69.6. The predicted molar refractivity (Wildman–Crippen MR) is 174 cm³/mol. The van der Waals surface area contributed by atoms with Crippen LogP contribution in [0.3, 0.4) is 0 Å². The number of imidazole rings is 1. The number of nitrogens with zero attached hydrogens (tertiary/aromatic N) is 3. The average molecular weight is 685 g/mol. The van der Waals surface area contributed by atoms with E-state index < -0.39 is 21.8 Å². The van der Waals surface area contributed by atoms with E-state index in [4.69, 9.17) is 28.2 Å². The maximum Gasteiger partial charge on any atom is 0.416 e. The van der Waals surface area contributed by atoms with Crippen LogP contribution < -0.4 is 0 Å². The maximum atomic E-state index is 13.4. The van der Waals surface area contributed by atoms with Crippen molar-refractivity contribution in [1.29, 1.82) is 0 Å². The SMILES string of the molecule is O=S(=O)(c1ccc(C(F)(F)F)cc1)N1CCC(n2c(C3CC3)nc3ccc(C(c4ccc(Cl)cc4)c4ccc(Cl)cc4)cc32)CC1. The van der Waals surface area contributed by atoms with Crippen molar-refractivity contribution < 1.29 is 21.6 Å². The summed E-state index contributed by atoms with van der Waals surface area (Å²) in [5, 5.41) is 1.32. The lowest BCUT2D eigenvalue weighted by atomic mass is 9.85. The fourth-order valence-electron chi connectivity index (χ4n) is 6.51. The summed E-state index contributed by atoms with van der Waals surface area (Å²) in [6.07, 6.45) is -1.28. The molecule has 0 spiro atoms. The number of hydrogen-bond donors (Lipinski definition) is 0. The predicted octanol–water partition coefficient (Wildman–Crippen LogP) is 9.45. The minimum atomic E-state index is -4.53. The van der Waals surface area contributed by atoms with Gasteiger partial charge in [-0.25, -0.2) is 13.4 Å². The van der Waals surface area contributed by atoms with Crippen molar-refractivity contribution in [1.82, 2.24) is 13.9 Å². The van der Waals surface area contributed by atoms with Crippen molar-refractivity contribution in [3.8, 4) is 0 Å². The maximum absolute atomic E-state index is 13.4. The van der Waals surface area contributed by atoms with Gasteiger partial charge in [-0.1, -0.05) is 53.5 Å². The molecule has 1 aliphatic carbocycles. The Morgan fingerprint density at radius 1 is 0.739 bits per heavy atom. The molecule has 238 valence electrons. The highest BCUT2D eigenvalue weighted by Crippen LogP contribution is 2.44. The minimum absolute atomic E-state index is 0.0272. The third-order valence-electron chi connectivity index (χ3n) is 9.03. The van der Waals surface area contributed by atoms with Gasteiger partial charge >= 0.3 is 6.18 Å². The van der Waals surface area contributed by atoms with Gasteiger partial charge < -0.3 is 4.57 Å². The fourth-order valence-corrected chi connectivity index (χ4v) is 8.24. The molecule has 1 aliphatic heterocycles. The van der Waals surface area contributed by atoms with Crippen LogP contribution in [0.5, 0.6) is 0 Å². The summed E-state index contributed by atoms with van der Waals surface area (Å²) in [5.41, 5.74) is 4.29. The number of piperidine rings is 1. The van der Waals surface area contributed by atoms with Gasteiger partial charge in [-0.2, -0.15) is 17.5 Å². The largest absolute Gasteiger partial charge is 0.416 e. The van der Waals surface area contributed by atoms with E-state index in [1.54, 1.807) is 0 Å². The molecule has 1 saturated carbocycles. The molecule has 0 unspecified atom stereocenters. The molecule has 0 amide bonds. The van der Waals surface area contributed by atoms with Crippen LogP contribution in [0.2, 0.25) is 10.0 Å². The highest BCUT2D eigenvalue weighted by atomic mass is 35.5. The van der Waals surface area contributed by atoms with E-state index in [-0.39, 0.29) is 29.9 Å². The van der Waals surface area contributed by atoms with Crippen LogP contribution in [0.25, 0.3) is 11.0 Å². The molecule has 0 N–H and O–H groups in total. The highest BCUT2D eigenvalue weighted by Gasteiger charge is 2.36. The van der Waals surface area contributed by atoms with Crippen LogP contribution in [0.4, 0.5) is 13.2 Å². The summed E-state index contributed by atoms with van der Waals surface area (Å²) in [4.78, 5) is 4.93. The first-order valence-electron chi connectivity index (χ1n) is 15.2. The molecule has 0 bridgehead atoms. The van der Waals surface area contributed by atoms with Gasteiger partial charge in [0.1, 0.15) is 5.82 Å². The summed E-state index contributed by atoms with van der Waals surface area (Å²) in [7, 11) is -3.94. The molecule has 11 heteroatoms. The second kappa shape index (κ2) is 12.0. The Balaban J connectivity index is 1.21. The van der Waals surface area contributed by atoms with E-state index in [9.17, 15) is 21.6 Å². The average Bonchev–Trinajstić information content (AvgIpc) is 3.83. The van der Waals surface area contributed by atoms with Crippen molar-refractivity contribution in [2.75, 3.05) is 13.1 Å². The van der Waals surface area contributed by atoms with E-state index in [0.717, 1.165) is 70.7 Å². The van der Waals surface area contributed by atoms with Crippen LogP contribution >= 0.6 is 23.2 Å². The molecule has 5 nitrogen and oxygen atoms in total. The quantitative estimate of drug-likeness (QED) is 0.161. The van der Waals surface area contributed by atoms with Gasteiger partial charge in [0.05, 0.1) is 21.5 Å². The third kappa shape index (κ3) is 6.06. The Morgan fingerprint density at radius 3 is 1.80 bits per heavy atom. The number of benzene rings is 4. The molecule has 4 aromatic carbocycles. The zero-order valence-corrected chi connectivity index (χ0v) is 26.9. The Bertz CT molecular complexity index is 1940. The zero-order chi connectivity index (χ0) is 32.2. The number of aromatic nitrogens is 2. The molecule has 0 radical (unpaired) electrons. The van der Waals surface area contributed by atoms with E-state index in [0.29, 0.717) is 28.8 Å². The molecule has 1 saturated heterocycles. The van der Waals surface area contributed by atoms with E-state index in [2.05, 4.69) is 22.8 Å². The number of alkyl halides is 3. The second-order valence-electron chi connectivity index (χ2n) is 12.1. The lowest BCUT2D eigenvalue weighted by molar-refractivity contribution is -0.137. The lowest BCUT2D eigenvalue weighted by Crippen LogP contribution is -2.39. The monoisotopic (exact) mass is 683 g/mol. The molecule has 7 rings (SSSR count). The molecule has 46 heavy (non-hydrogen) atoms. The molecule has 5 aromatic rings. The highest BCUT2D eigenvalue weighted by molar-refractivity contribution is 7.89. The summed E-state index contributed by atoms with van der Waals surface area (Å²) in [6, 6.07) is 25.8. The van der Waals surface area contributed by atoms with Crippen LogP contribution in [0.15, 0.2) is 95.9 Å². The number of sulfonamides is 1. The standard InChI is InChI=1S/C35H30Cl2F3N3O2S/c36-27-10-3-22(4-11-27)33(23-5-12-28(37)13-6-23)25-7-16-31-32(21-25)43(34(41-31)24-1-2-24)29-17-19-42(20-18-29)46(44,45)30-14-8-26(9-15-30)35(38,39)40/h3-16,21,24,29,33H,1-2,17-20H2. The Hall–Kier alpha value is -3.37. The first-order valence-corrected chi connectivity index (χ1v) is 17.4. The first kappa shape index (κ1) is 31.2. The van der Waals surface area contributed by atoms with Gasteiger partial charge in [0, 0.05) is 41.0 Å². The molecular formula is C35H30Cl2F3N3O2S. The van der Waals surface area contributed by atoms with E-state index in [1.807, 2.05) is 48.5 Å². The van der Waals surface area contributed by atoms with Gasteiger partial charge in [-0.05, 0) is 103 Å². The molecule has 2 fully saturated rings. The van der Waals surface area contributed by atoms with Crippen molar-refractivity contribution in [2.45, 2.75) is 54.6 Å². The van der Waals surface area contributed by atoms with E-state index in [1.165, 1.54) is 4.31 Å². The smallest absolute Gasteiger partial charge is 0.325 e. The van der Waals surface area contributed by atoms with Crippen LogP contribution in [-0.4, -0.2) is 35.4 Å². The number of fused-ring (bicyclic) bond motifs is 1. The minimum Gasteiger partial charge on any atom is -0.325 e. The molecule has 2 aliphatic rings. The van der Waals surface area contributed by atoms with Gasteiger partial charge in [-0.15, -0.1) is 0 Å². The summed E-state index contributed by atoms with van der Waals surface area (Å²) >= 11 is 12.5. The first-order chi connectivity index (χ1) is 22.0. The fraction of sp³-hybridized carbons (Fsp3) is 0.286. The van der Waals surface area contributed by atoms with Crippen molar-refractivity contribution in [3.63, 3.8) is 0 Å². The number of halogens is 5. The zero-order valence-electron chi connectivity index (χ0n) is 24.6. The van der Waals surface area contributed by atoms with Crippen molar-refractivity contribution >= 4 is 44.3 Å². The van der Waals surface area contributed by atoms with Gasteiger partial charge in [-0.3, -0.25) is 0 Å². The molecular weight excluding hydrogens is 654 g/mol. The Kier molecular flexibility index (Phi) is 8.16. The number of rotatable bonds is 7. The molecule has 2 heterocycles. The van der Waals surface area contributed by atoms with Crippen molar-refractivity contribution in [3.05, 3.63) is 129 Å². The second-order valence-corrected chi connectivity index (χ2v) is 14.9. The van der Waals surface area contributed by atoms with Crippen LogP contribution in [0.1, 0.15) is 71.6 Å².